The molecule has 150 valence electrons. The quantitative estimate of drug-likeness (QED) is 0.497. The molecule has 1 saturated carbocycles. The van der Waals surface area contributed by atoms with Crippen LogP contribution in [0.2, 0.25) is 0 Å². The van der Waals surface area contributed by atoms with Crippen LogP contribution in [0.25, 0.3) is 0 Å². The largest absolute Gasteiger partial charge is 0.489 e. The molecule has 1 aliphatic heterocycles. The van der Waals surface area contributed by atoms with Crippen LogP contribution in [0.3, 0.4) is 0 Å². The highest BCUT2D eigenvalue weighted by Gasteiger charge is 2.48. The normalized spacial score (nSPS) is 27.4. The Morgan fingerprint density at radius 1 is 1.43 bits per heavy atom. The summed E-state index contributed by atoms with van der Waals surface area (Å²) in [7, 11) is 0. The zero-order valence-corrected chi connectivity index (χ0v) is 16.3. The molecule has 1 fully saturated rings. The molecule has 1 aromatic rings. The molecule has 1 aliphatic carbocycles. The number of benzene rings is 1. The second-order valence-electron chi connectivity index (χ2n) is 7.78. The first-order valence-corrected chi connectivity index (χ1v) is 9.86. The molecule has 6 atom stereocenters. The van der Waals surface area contributed by atoms with Crippen molar-refractivity contribution < 1.29 is 24.9 Å². The maximum Gasteiger partial charge on any atom is 0.303 e. The molecule has 28 heavy (non-hydrogen) atoms. The van der Waals surface area contributed by atoms with Crippen LogP contribution in [0.15, 0.2) is 30.4 Å². The van der Waals surface area contributed by atoms with Crippen LogP contribution < -0.4 is 4.74 Å². The van der Waals surface area contributed by atoms with Crippen molar-refractivity contribution in [2.24, 2.45) is 11.8 Å². The molecule has 5 heteroatoms. The first kappa shape index (κ1) is 20.4. The van der Waals surface area contributed by atoms with E-state index in [1.54, 1.807) is 13.0 Å². The number of para-hydroxylation sites is 1. The first-order valence-electron chi connectivity index (χ1n) is 9.86. The second-order valence-corrected chi connectivity index (χ2v) is 7.78. The van der Waals surface area contributed by atoms with Crippen molar-refractivity contribution in [3.8, 4) is 17.6 Å². The summed E-state index contributed by atoms with van der Waals surface area (Å²) in [5.41, 5.74) is 1.93. The predicted octanol–water partition coefficient (Wildman–Crippen LogP) is 2.90. The van der Waals surface area contributed by atoms with Crippen molar-refractivity contribution in [3.05, 3.63) is 41.5 Å². The Bertz CT molecular complexity index is 803. The summed E-state index contributed by atoms with van der Waals surface area (Å²) in [4.78, 5) is 10.9. The van der Waals surface area contributed by atoms with E-state index in [4.69, 9.17) is 9.84 Å². The predicted molar refractivity (Wildman–Crippen MR) is 106 cm³/mol. The summed E-state index contributed by atoms with van der Waals surface area (Å²) in [5.74, 6) is 5.67. The van der Waals surface area contributed by atoms with Crippen LogP contribution in [-0.2, 0) is 11.2 Å². The van der Waals surface area contributed by atoms with E-state index >= 15 is 0 Å². The fourth-order valence-corrected chi connectivity index (χ4v) is 4.22. The lowest BCUT2D eigenvalue weighted by molar-refractivity contribution is -0.136. The van der Waals surface area contributed by atoms with Gasteiger partial charge in [-0.1, -0.05) is 37.3 Å². The van der Waals surface area contributed by atoms with Gasteiger partial charge >= 0.3 is 5.97 Å². The molecule has 2 aliphatic rings. The van der Waals surface area contributed by atoms with Crippen molar-refractivity contribution in [2.45, 2.75) is 63.8 Å². The summed E-state index contributed by atoms with van der Waals surface area (Å²) < 4.78 is 6.13. The van der Waals surface area contributed by atoms with Gasteiger partial charge in [0.15, 0.2) is 0 Å². The Labute approximate surface area is 166 Å². The van der Waals surface area contributed by atoms with Crippen LogP contribution in [0.4, 0.5) is 0 Å². The van der Waals surface area contributed by atoms with E-state index in [0.29, 0.717) is 19.3 Å². The van der Waals surface area contributed by atoms with Gasteiger partial charge < -0.3 is 20.1 Å². The van der Waals surface area contributed by atoms with Crippen molar-refractivity contribution in [2.75, 3.05) is 0 Å². The standard InChI is InChI=1S/C23H28O5/c1-3-4-6-14(2)18(24)11-10-16-19(25)13-20-22(16)17-8-5-7-15(23(17)28-20)9-12-21(26)27/h5,7-8,10-11,14,16,18-20,22,24-25H,6,9,12-13H2,1-2H3,(H,26,27)/b11-10+/t14-,16-,18-,19+,20-,22-/m1/s1. The maximum atomic E-state index is 10.9. The monoisotopic (exact) mass is 384 g/mol. The number of aryl methyl sites for hydroxylation is 1. The van der Waals surface area contributed by atoms with E-state index in [1.165, 1.54) is 0 Å². The highest BCUT2D eigenvalue weighted by molar-refractivity contribution is 5.67. The van der Waals surface area contributed by atoms with Gasteiger partial charge in [0, 0.05) is 36.7 Å². The van der Waals surface area contributed by atoms with Gasteiger partial charge in [-0.15, -0.1) is 11.8 Å². The molecule has 0 bridgehead atoms. The van der Waals surface area contributed by atoms with Crippen LogP contribution in [-0.4, -0.2) is 39.6 Å². The average Bonchev–Trinajstić information content (AvgIpc) is 3.17. The summed E-state index contributed by atoms with van der Waals surface area (Å²) in [6.07, 6.45) is 4.06. The minimum Gasteiger partial charge on any atom is -0.489 e. The lowest BCUT2D eigenvalue weighted by Gasteiger charge is -2.19. The molecular weight excluding hydrogens is 356 g/mol. The van der Waals surface area contributed by atoms with Crippen LogP contribution in [0.5, 0.6) is 5.75 Å². The highest BCUT2D eigenvalue weighted by Crippen LogP contribution is 2.52. The van der Waals surface area contributed by atoms with Crippen molar-refractivity contribution in [3.63, 3.8) is 0 Å². The number of hydrogen-bond donors (Lipinski definition) is 3. The van der Waals surface area contributed by atoms with Crippen molar-refractivity contribution >= 4 is 5.97 Å². The Hall–Kier alpha value is -2.29. The van der Waals surface area contributed by atoms with Crippen molar-refractivity contribution in [1.29, 1.82) is 0 Å². The zero-order chi connectivity index (χ0) is 20.3. The lowest BCUT2D eigenvalue weighted by Crippen LogP contribution is -2.19. The molecule has 0 saturated heterocycles. The molecule has 0 unspecified atom stereocenters. The van der Waals surface area contributed by atoms with Gasteiger partial charge in [0.05, 0.1) is 12.2 Å². The average molecular weight is 384 g/mol. The fraction of sp³-hybridized carbons (Fsp3) is 0.522. The van der Waals surface area contributed by atoms with Gasteiger partial charge in [-0.05, 0) is 24.8 Å². The smallest absolute Gasteiger partial charge is 0.303 e. The van der Waals surface area contributed by atoms with Gasteiger partial charge in [-0.2, -0.15) is 0 Å². The molecule has 0 radical (unpaired) electrons. The van der Waals surface area contributed by atoms with Gasteiger partial charge in [0.1, 0.15) is 11.9 Å². The van der Waals surface area contributed by atoms with Gasteiger partial charge in [0.25, 0.3) is 0 Å². The molecule has 1 heterocycles. The number of carboxylic acids is 1. The number of aliphatic hydroxyl groups is 2. The molecule has 3 N–H and O–H groups in total. The van der Waals surface area contributed by atoms with E-state index in [1.807, 2.05) is 31.2 Å². The van der Waals surface area contributed by atoms with Crippen LogP contribution in [0, 0.1) is 23.7 Å². The van der Waals surface area contributed by atoms with E-state index < -0.39 is 18.2 Å². The molecule has 1 aromatic carbocycles. The summed E-state index contributed by atoms with van der Waals surface area (Å²) >= 11 is 0. The fourth-order valence-electron chi connectivity index (χ4n) is 4.22. The van der Waals surface area contributed by atoms with Crippen molar-refractivity contribution in [1.82, 2.24) is 0 Å². The number of ether oxygens (including phenoxy) is 1. The Kier molecular flexibility index (Phi) is 6.43. The number of rotatable bonds is 7. The van der Waals surface area contributed by atoms with E-state index in [9.17, 15) is 15.0 Å². The second kappa shape index (κ2) is 8.81. The molecule has 3 rings (SSSR count). The minimum absolute atomic E-state index is 0.0176. The molecule has 0 spiro atoms. The lowest BCUT2D eigenvalue weighted by atomic mass is 9.86. The molecule has 0 aromatic heterocycles. The number of aliphatic carboxylic acids is 1. The maximum absolute atomic E-state index is 10.9. The van der Waals surface area contributed by atoms with E-state index in [2.05, 4.69) is 11.8 Å². The number of aliphatic hydroxyl groups excluding tert-OH is 2. The third kappa shape index (κ3) is 4.24. The number of carboxylic acid groups (broad SMARTS) is 1. The van der Waals surface area contributed by atoms with Gasteiger partial charge in [-0.25, -0.2) is 0 Å². The number of fused-ring (bicyclic) bond motifs is 3. The molecule has 5 nitrogen and oxygen atoms in total. The molecule has 0 amide bonds. The third-order valence-electron chi connectivity index (χ3n) is 5.81. The number of hydrogen-bond acceptors (Lipinski definition) is 4. The zero-order valence-electron chi connectivity index (χ0n) is 16.3. The third-order valence-corrected chi connectivity index (χ3v) is 5.81. The Morgan fingerprint density at radius 2 is 2.21 bits per heavy atom. The summed E-state index contributed by atoms with van der Waals surface area (Å²) in [5, 5.41) is 29.9. The van der Waals surface area contributed by atoms with Crippen LogP contribution in [0.1, 0.15) is 50.2 Å². The topological polar surface area (TPSA) is 87.0 Å². The van der Waals surface area contributed by atoms with E-state index in [-0.39, 0.29) is 30.3 Å². The highest BCUT2D eigenvalue weighted by atomic mass is 16.5. The van der Waals surface area contributed by atoms with E-state index in [0.717, 1.165) is 16.9 Å². The molecular formula is C23H28O5. The Balaban J connectivity index is 1.78. The Morgan fingerprint density at radius 3 is 2.93 bits per heavy atom. The first-order chi connectivity index (χ1) is 13.4. The van der Waals surface area contributed by atoms with Gasteiger partial charge in [-0.3, -0.25) is 4.79 Å². The minimum atomic E-state index is -0.831. The van der Waals surface area contributed by atoms with Gasteiger partial charge in [0.2, 0.25) is 0 Å². The van der Waals surface area contributed by atoms with Crippen LogP contribution >= 0.6 is 0 Å². The summed E-state index contributed by atoms with van der Waals surface area (Å²) in [6.45, 7) is 3.74. The SMILES string of the molecule is CC#CC[C@@H](C)[C@H](O)/C=C/[C@H]1[C@@H]2c3cccc(CCC(=O)O)c3O[C@@H]2C[C@@H]1O. The number of carbonyl (C=O) groups is 1. The summed E-state index contributed by atoms with van der Waals surface area (Å²) in [6, 6.07) is 5.83.